The number of thiophene rings is 2. The van der Waals surface area contributed by atoms with Gasteiger partial charge < -0.3 is 28.4 Å². The number of fused-ring (bicyclic) bond motifs is 7. The van der Waals surface area contributed by atoms with E-state index < -0.39 is 0 Å². The van der Waals surface area contributed by atoms with Crippen LogP contribution >= 0.6 is 22.7 Å². The number of pyridine rings is 2. The minimum Gasteiger partial charge on any atom is -0.473 e. The highest BCUT2D eigenvalue weighted by Gasteiger charge is 2.10. The molecule has 0 unspecified atom stereocenters. The molecule has 11 heterocycles. The zero-order valence-electron chi connectivity index (χ0n) is 93.0. The van der Waals surface area contributed by atoms with E-state index in [0.29, 0.717) is 6.79 Å². The minimum absolute atomic E-state index is 0.0637. The van der Waals surface area contributed by atoms with Crippen LogP contribution in [0.3, 0.4) is 0 Å². The molecule has 10 aromatic heterocycles. The van der Waals surface area contributed by atoms with Gasteiger partial charge in [0.1, 0.15) is 6.33 Å². The summed E-state index contributed by atoms with van der Waals surface area (Å²) in [6, 6.07) is 88.5. The van der Waals surface area contributed by atoms with E-state index in [2.05, 4.69) is 209 Å². The van der Waals surface area contributed by atoms with Crippen LogP contribution < -0.4 is 15.2 Å². The van der Waals surface area contributed by atoms with Gasteiger partial charge in [-0.05, 0) is 162 Å². The van der Waals surface area contributed by atoms with Crippen LogP contribution in [0.2, 0.25) is 0 Å². The first-order valence-corrected chi connectivity index (χ1v) is 52.2. The number of H-pyrrole nitrogens is 2. The quantitative estimate of drug-likeness (QED) is 0.158. The maximum atomic E-state index is 11.0. The number of nitrogens with zero attached hydrogens (tertiary/aromatic N) is 8. The lowest BCUT2D eigenvalue weighted by molar-refractivity contribution is 0.174. The van der Waals surface area contributed by atoms with Gasteiger partial charge in [0, 0.05) is 77.9 Å². The fraction of sp³-hybridized carbons (Fsp3) is 0.367. The van der Waals surface area contributed by atoms with Gasteiger partial charge >= 0.3 is 5.69 Å². The summed E-state index contributed by atoms with van der Waals surface area (Å²) >= 11 is 3.45. The van der Waals surface area contributed by atoms with Gasteiger partial charge in [0.2, 0.25) is 6.79 Å². The van der Waals surface area contributed by atoms with E-state index >= 15 is 0 Å². The monoisotopic (exact) mass is 1910 g/mol. The number of para-hydroxylation sites is 6. The second-order valence-electron chi connectivity index (χ2n) is 21.9. The van der Waals surface area contributed by atoms with Crippen LogP contribution in [-0.2, 0) is 13.5 Å². The van der Waals surface area contributed by atoms with Gasteiger partial charge in [-0.25, -0.2) is 14.8 Å². The van der Waals surface area contributed by atoms with E-state index in [-0.39, 0.29) is 5.69 Å². The fourth-order valence-electron chi connectivity index (χ4n) is 8.88. The third-order valence-electron chi connectivity index (χ3n) is 14.0. The van der Waals surface area contributed by atoms with E-state index in [0.717, 1.165) is 61.8 Å². The third kappa shape index (κ3) is 77.4. The summed E-state index contributed by atoms with van der Waals surface area (Å²) in [6.45, 7) is 80.6. The number of ether oxygens (including phenoxy) is 2. The molecule has 8 aromatic carbocycles. The maximum absolute atomic E-state index is 11.0. The zero-order valence-corrected chi connectivity index (χ0v) is 94.6. The molecule has 1 aliphatic heterocycles. The molecule has 760 valence electrons. The van der Waals surface area contributed by atoms with Crippen molar-refractivity contribution in [3.8, 4) is 11.5 Å². The van der Waals surface area contributed by atoms with Gasteiger partial charge in [0.25, 0.3) is 0 Å². The summed E-state index contributed by atoms with van der Waals surface area (Å²) in [5.41, 5.74) is 9.36. The van der Waals surface area contributed by atoms with Crippen molar-refractivity contribution in [1.82, 2.24) is 49.6 Å². The van der Waals surface area contributed by atoms with Gasteiger partial charge in [-0.2, -0.15) is 0 Å². The molecule has 0 bridgehead atoms. The van der Waals surface area contributed by atoms with Crippen molar-refractivity contribution in [2.75, 3.05) is 6.79 Å². The molecular formula is C120H188N10O5S2. The van der Waals surface area contributed by atoms with Crippen LogP contribution in [0.15, 0.2) is 360 Å². The first-order chi connectivity index (χ1) is 67.6. The van der Waals surface area contributed by atoms with Crippen LogP contribution in [0.1, 0.15) is 285 Å². The second-order valence-corrected chi connectivity index (χ2v) is 23.7. The number of furan rings is 1. The highest BCUT2D eigenvalue weighted by molar-refractivity contribution is 7.17. The second kappa shape index (κ2) is 124. The number of hydrogen-bond donors (Lipinski definition) is 2. The standard InChI is InChI=1S/C10H8.C9H7N.C8H8N2O.C8H7N.C8H6S.C8H10.C7H6O2.C6H5NOS.C6H7N.C5H6N2.C4H4N2.C4H4O.C3H8.17C2H6/c1-2-6-10-8-4-3-7-9(10)5-1;1-2-6-9-8(4-1)5-3-7-10-9;1-10-7-5-3-2-4-6(7)9-8(10)11;2*1-2-4-8-7(3-1)5-6-9-8;1-2-8-6-4-3-5-7-8;1-2-4-7-6(3-1)8-5-9-7;1-4-6-5(8-7-4)2-3-9-6;1-6-4-2-3-5-7-6;1-5-4-6-2-3-7-5;1-2-5-4-6-3-1;1-2-4-5-3-1;1-3-2;17*1-2/h1-8H;1-7H;2-5H,1H3,(H,9,11);1-6,9H;1-6H;3-7H,2H2,1H3;1-4H,5H2;2-3H,1H3;2-5H,1H3;2-4H,1H3;1-4H;1-4H;3H2,1-2H3;17*1-2H3. The van der Waals surface area contributed by atoms with Crippen molar-refractivity contribution in [2.24, 2.45) is 7.05 Å². The predicted molar refractivity (Wildman–Crippen MR) is 620 cm³/mol. The Kier molecular flexibility index (Phi) is 133. The minimum atomic E-state index is -0.0637. The summed E-state index contributed by atoms with van der Waals surface area (Å²) < 4.78 is 23.8. The molecule has 137 heavy (non-hydrogen) atoms. The van der Waals surface area contributed by atoms with Crippen LogP contribution in [-0.4, -0.2) is 56.4 Å². The third-order valence-corrected chi connectivity index (χ3v) is 15.9. The molecule has 19 rings (SSSR count). The lowest BCUT2D eigenvalue weighted by atomic mass is 10.1. The number of imidazole rings is 1. The molecular weight excluding hydrogens is 1730 g/mol. The molecule has 0 amide bonds. The predicted octanol–water partition coefficient (Wildman–Crippen LogP) is 39.7. The Morgan fingerprint density at radius 1 is 0.358 bits per heavy atom. The average molecular weight is 1920 g/mol. The normalized spacial score (nSPS) is 8.21. The molecule has 0 saturated heterocycles. The van der Waals surface area contributed by atoms with Crippen LogP contribution in [0.4, 0.5) is 0 Å². The molecule has 15 nitrogen and oxygen atoms in total. The number of rotatable bonds is 1. The molecule has 1 aliphatic rings. The smallest absolute Gasteiger partial charge is 0.326 e. The molecule has 0 atom stereocenters. The largest absolute Gasteiger partial charge is 0.473 e. The van der Waals surface area contributed by atoms with Crippen LogP contribution in [0.25, 0.3) is 64.0 Å². The lowest BCUT2D eigenvalue weighted by Crippen LogP contribution is -2.11. The Bertz CT molecular complexity index is 4760. The Hall–Kier alpha value is -12.4. The molecule has 0 saturated carbocycles. The number of aromatic amines is 2. The topological polar surface area (TPSA) is 189 Å². The van der Waals surface area contributed by atoms with Gasteiger partial charge in [0.05, 0.1) is 45.2 Å². The maximum Gasteiger partial charge on any atom is 0.326 e. The van der Waals surface area contributed by atoms with Gasteiger partial charge in [-0.3, -0.25) is 24.5 Å². The van der Waals surface area contributed by atoms with Crippen molar-refractivity contribution in [3.05, 3.63) is 379 Å². The SMILES string of the molecule is CC.CC.CC.CC.CC.CC.CC.CC.CC.CC.CC.CC.CC.CC.CC.CC.CC.CCC.CCc1ccccc1.Cc1ccccn1.Cc1cnccn1.Cc1noc2ccsc12.Cn1c(=O)[nH]c2ccccc21.c1ccc2[nH]ccc2c1.c1ccc2c(c1)OCO2.c1ccc2ccccc2c1.c1ccc2ncccc2c1.c1ccc2sccc2c1.c1ccoc1.c1cncnc1. The Morgan fingerprint density at radius 3 is 1.17 bits per heavy atom. The number of benzene rings is 8. The van der Waals surface area contributed by atoms with E-state index in [1.807, 2.05) is 401 Å². The molecule has 18 aromatic rings. The summed E-state index contributed by atoms with van der Waals surface area (Å²) in [5, 5.41) is 14.4. The highest BCUT2D eigenvalue weighted by atomic mass is 32.1. The summed E-state index contributed by atoms with van der Waals surface area (Å²) in [4.78, 5) is 40.1. The fourth-order valence-corrected chi connectivity index (χ4v) is 10.4. The molecule has 17 heteroatoms. The van der Waals surface area contributed by atoms with E-state index in [9.17, 15) is 4.79 Å². The van der Waals surface area contributed by atoms with Gasteiger partial charge in [0.15, 0.2) is 17.1 Å². The van der Waals surface area contributed by atoms with Crippen molar-refractivity contribution in [3.63, 3.8) is 0 Å². The van der Waals surface area contributed by atoms with E-state index in [1.165, 1.54) is 55.5 Å². The number of aromatic nitrogens is 10. The molecule has 0 spiro atoms. The Labute approximate surface area is 843 Å². The molecule has 0 aliphatic carbocycles. The first-order valence-electron chi connectivity index (χ1n) is 50.4. The van der Waals surface area contributed by atoms with E-state index in [1.54, 1.807) is 90.1 Å². The van der Waals surface area contributed by atoms with E-state index in [4.69, 9.17) is 14.0 Å². The van der Waals surface area contributed by atoms with Crippen LogP contribution in [0.5, 0.6) is 11.5 Å². The Morgan fingerprint density at radius 2 is 0.781 bits per heavy atom. The summed E-state index contributed by atoms with van der Waals surface area (Å²) in [7, 11) is 1.75. The van der Waals surface area contributed by atoms with Crippen LogP contribution in [0, 0.1) is 20.8 Å². The molecule has 2 N–H and O–H groups in total. The van der Waals surface area contributed by atoms with Crippen molar-refractivity contribution >= 4 is 86.7 Å². The first kappa shape index (κ1) is 147. The zero-order chi connectivity index (χ0) is 107. The van der Waals surface area contributed by atoms with Crippen molar-refractivity contribution < 1.29 is 18.4 Å². The number of aryl methyl sites for hydroxylation is 5. The number of hydrogen-bond acceptors (Lipinski definition) is 14. The van der Waals surface area contributed by atoms with Gasteiger partial charge in [-0.1, -0.05) is 438 Å². The Balaban J connectivity index is -0.000000137. The molecule has 0 fully saturated rings. The lowest BCUT2D eigenvalue weighted by Gasteiger charge is -1.92. The van der Waals surface area contributed by atoms with Crippen molar-refractivity contribution in [2.45, 2.75) is 290 Å². The highest BCUT2D eigenvalue weighted by Crippen LogP contribution is 2.30. The average Bonchev–Trinajstić information content (AvgIpc) is 1.68. The summed E-state index contributed by atoms with van der Waals surface area (Å²) in [6.07, 6.45) is 21.1. The summed E-state index contributed by atoms with van der Waals surface area (Å²) in [5.74, 6) is 1.69. The van der Waals surface area contributed by atoms with Gasteiger partial charge in [-0.15, -0.1) is 22.7 Å². The van der Waals surface area contributed by atoms with Crippen molar-refractivity contribution in [1.29, 1.82) is 0 Å². The molecule has 0 radical (unpaired) electrons. The number of nitrogens with one attached hydrogen (secondary N) is 2.